The van der Waals surface area contributed by atoms with E-state index in [9.17, 15) is 0 Å². The Labute approximate surface area is 213 Å². The molecule has 4 aliphatic heterocycles. The molecule has 0 aromatic carbocycles. The van der Waals surface area contributed by atoms with Gasteiger partial charge < -0.3 is 24.2 Å². The minimum atomic E-state index is 0.416. The van der Waals surface area contributed by atoms with E-state index in [4.69, 9.17) is 9.47 Å². The Morgan fingerprint density at radius 1 is 0.676 bits per heavy atom. The largest absolute Gasteiger partial charge is 0.379 e. The van der Waals surface area contributed by atoms with Crippen molar-refractivity contribution in [2.45, 2.75) is 110 Å². The molecule has 34 heavy (non-hydrogen) atoms. The van der Waals surface area contributed by atoms with Crippen LogP contribution >= 0.6 is 0 Å². The highest BCUT2D eigenvalue weighted by Crippen LogP contribution is 2.16. The van der Waals surface area contributed by atoms with E-state index < -0.39 is 0 Å². The Morgan fingerprint density at radius 3 is 1.59 bits per heavy atom. The molecule has 0 radical (unpaired) electrons. The van der Waals surface area contributed by atoms with Crippen molar-refractivity contribution < 1.29 is 9.47 Å². The highest BCUT2D eigenvalue weighted by atomic mass is 16.5. The number of rotatable bonds is 1. The second-order valence-electron chi connectivity index (χ2n) is 11.2. The third kappa shape index (κ3) is 13.7. The number of morpholine rings is 2. The van der Waals surface area contributed by atoms with Gasteiger partial charge in [-0.05, 0) is 101 Å². The van der Waals surface area contributed by atoms with Gasteiger partial charge in [-0.25, -0.2) is 0 Å². The summed E-state index contributed by atoms with van der Waals surface area (Å²) in [7, 11) is 8.72. The maximum absolute atomic E-state index is 5.51. The van der Waals surface area contributed by atoms with Crippen molar-refractivity contribution in [3.05, 3.63) is 0 Å². The van der Waals surface area contributed by atoms with E-state index in [-0.39, 0.29) is 0 Å². The topological polar surface area (TPSA) is 31.4 Å². The van der Waals surface area contributed by atoms with E-state index in [2.05, 4.69) is 82.4 Å². The van der Waals surface area contributed by atoms with Crippen LogP contribution in [-0.4, -0.2) is 124 Å². The van der Waals surface area contributed by atoms with Gasteiger partial charge in [-0.1, -0.05) is 19.8 Å². The summed E-state index contributed by atoms with van der Waals surface area (Å²) in [6.45, 7) is 18.7. The standard InChI is InChI=1S/C8H17N.C7H15NO.C7H15N.C6H13NO/c1-3-8-6-4-5-7-9(8)2;1-6-4-8(3)5-7(2)9-6;1-7-5-3-4-6-8(7)2;1-6-5-8-4-3-7(6)2/h8H,3-7H2,1-2H3;6-7H,4-5H2,1-3H3;7H,3-6H2,1-2H3;6H,3-5H2,1-2H3/t;6-,7+;;6-/m...1/s1. The van der Waals surface area contributed by atoms with Crippen LogP contribution in [0.15, 0.2) is 0 Å². The van der Waals surface area contributed by atoms with E-state index in [0.29, 0.717) is 18.2 Å². The fourth-order valence-corrected chi connectivity index (χ4v) is 5.15. The van der Waals surface area contributed by atoms with Crippen LogP contribution < -0.4 is 0 Å². The highest BCUT2D eigenvalue weighted by Gasteiger charge is 2.18. The predicted molar refractivity (Wildman–Crippen MR) is 147 cm³/mol. The van der Waals surface area contributed by atoms with Crippen molar-refractivity contribution in [2.24, 2.45) is 0 Å². The average Bonchev–Trinajstić information content (AvgIpc) is 2.79. The molecule has 2 unspecified atom stereocenters. The minimum absolute atomic E-state index is 0.416. The first-order chi connectivity index (χ1) is 16.1. The predicted octanol–water partition coefficient (Wildman–Crippen LogP) is 4.43. The van der Waals surface area contributed by atoms with Crippen LogP contribution in [0, 0.1) is 0 Å². The fraction of sp³-hybridized carbons (Fsp3) is 1.00. The van der Waals surface area contributed by atoms with E-state index in [1.54, 1.807) is 0 Å². The summed E-state index contributed by atoms with van der Waals surface area (Å²) in [5, 5.41) is 0. The summed E-state index contributed by atoms with van der Waals surface area (Å²) in [6, 6.07) is 2.34. The molecular weight excluding hydrogens is 424 g/mol. The normalized spacial score (nSPS) is 34.0. The van der Waals surface area contributed by atoms with Crippen molar-refractivity contribution in [3.8, 4) is 0 Å². The zero-order valence-corrected chi connectivity index (χ0v) is 24.4. The van der Waals surface area contributed by atoms with Gasteiger partial charge in [-0.2, -0.15) is 0 Å². The third-order valence-electron chi connectivity index (χ3n) is 7.83. The van der Waals surface area contributed by atoms with Gasteiger partial charge in [0.25, 0.3) is 0 Å². The van der Waals surface area contributed by atoms with Crippen LogP contribution in [0.4, 0.5) is 0 Å². The van der Waals surface area contributed by atoms with Crippen LogP contribution in [0.3, 0.4) is 0 Å². The number of ether oxygens (including phenoxy) is 2. The molecular formula is C28H60N4O2. The van der Waals surface area contributed by atoms with Gasteiger partial charge in [0, 0.05) is 37.8 Å². The number of hydrogen-bond donors (Lipinski definition) is 0. The van der Waals surface area contributed by atoms with Crippen molar-refractivity contribution in [1.29, 1.82) is 0 Å². The molecule has 4 fully saturated rings. The lowest BCUT2D eigenvalue weighted by molar-refractivity contribution is -0.0602. The molecule has 0 N–H and O–H groups in total. The van der Waals surface area contributed by atoms with Gasteiger partial charge >= 0.3 is 0 Å². The van der Waals surface area contributed by atoms with Gasteiger partial charge in [0.15, 0.2) is 0 Å². The molecule has 204 valence electrons. The molecule has 4 rings (SSSR count). The molecule has 4 aliphatic rings. The Balaban J connectivity index is 0.000000227. The highest BCUT2D eigenvalue weighted by molar-refractivity contribution is 4.72. The molecule has 0 spiro atoms. The van der Waals surface area contributed by atoms with Crippen LogP contribution in [0.25, 0.3) is 0 Å². The fourth-order valence-electron chi connectivity index (χ4n) is 5.15. The molecule has 4 heterocycles. The summed E-state index contributed by atoms with van der Waals surface area (Å²) < 4.78 is 10.7. The summed E-state index contributed by atoms with van der Waals surface area (Å²) in [5.74, 6) is 0. The minimum Gasteiger partial charge on any atom is -0.379 e. The van der Waals surface area contributed by atoms with Gasteiger partial charge in [-0.15, -0.1) is 0 Å². The summed E-state index contributed by atoms with van der Waals surface area (Å²) in [4.78, 5) is 9.54. The lowest BCUT2D eigenvalue weighted by Crippen LogP contribution is -2.42. The van der Waals surface area contributed by atoms with Crippen LogP contribution in [-0.2, 0) is 9.47 Å². The van der Waals surface area contributed by atoms with Crippen molar-refractivity contribution in [3.63, 3.8) is 0 Å². The SMILES string of the molecule is CC1CCCCN1C.CCC1CCCCN1C.C[C@@H]1CN(C)C[C@H](C)O1.C[C@@H]1COCCN1C. The maximum Gasteiger partial charge on any atom is 0.0678 e. The van der Waals surface area contributed by atoms with Crippen LogP contribution in [0.1, 0.15) is 79.6 Å². The van der Waals surface area contributed by atoms with Gasteiger partial charge in [0.1, 0.15) is 0 Å². The van der Waals surface area contributed by atoms with Crippen LogP contribution in [0.2, 0.25) is 0 Å². The van der Waals surface area contributed by atoms with Crippen molar-refractivity contribution in [1.82, 2.24) is 19.6 Å². The number of piperidine rings is 2. The second-order valence-corrected chi connectivity index (χ2v) is 11.2. The van der Waals surface area contributed by atoms with E-state index in [0.717, 1.165) is 44.9 Å². The zero-order chi connectivity index (χ0) is 25.5. The summed E-state index contributed by atoms with van der Waals surface area (Å²) in [6.07, 6.45) is 10.7. The monoisotopic (exact) mass is 484 g/mol. The number of nitrogens with zero attached hydrogens (tertiary/aromatic N) is 4. The molecule has 6 heteroatoms. The Morgan fingerprint density at radius 2 is 1.24 bits per heavy atom. The smallest absolute Gasteiger partial charge is 0.0678 e. The molecule has 0 saturated carbocycles. The first kappa shape index (κ1) is 31.8. The lowest BCUT2D eigenvalue weighted by Gasteiger charge is -2.32. The quantitative estimate of drug-likeness (QED) is 0.547. The second kappa shape index (κ2) is 18.1. The Bertz CT molecular complexity index is 430. The van der Waals surface area contributed by atoms with Crippen molar-refractivity contribution in [2.75, 3.05) is 74.1 Å². The molecule has 0 aromatic heterocycles. The first-order valence-corrected chi connectivity index (χ1v) is 14.2. The first-order valence-electron chi connectivity index (χ1n) is 14.2. The van der Waals surface area contributed by atoms with Gasteiger partial charge in [0.2, 0.25) is 0 Å². The molecule has 5 atom stereocenters. The molecule has 6 nitrogen and oxygen atoms in total. The summed E-state index contributed by atoms with van der Waals surface area (Å²) >= 11 is 0. The molecule has 0 bridgehead atoms. The maximum atomic E-state index is 5.51. The van der Waals surface area contributed by atoms with Gasteiger partial charge in [0.05, 0.1) is 25.4 Å². The third-order valence-corrected chi connectivity index (χ3v) is 7.83. The zero-order valence-electron chi connectivity index (χ0n) is 24.4. The summed E-state index contributed by atoms with van der Waals surface area (Å²) in [5.41, 5.74) is 0. The number of likely N-dealkylation sites (N-methyl/N-ethyl adjacent to an activating group) is 2. The van der Waals surface area contributed by atoms with E-state index in [1.165, 1.54) is 58.0 Å². The number of likely N-dealkylation sites (tertiary alicyclic amines) is 2. The molecule has 0 aliphatic carbocycles. The molecule has 4 saturated heterocycles. The number of hydrogen-bond acceptors (Lipinski definition) is 6. The Hall–Kier alpha value is -0.240. The van der Waals surface area contributed by atoms with E-state index >= 15 is 0 Å². The van der Waals surface area contributed by atoms with Gasteiger partial charge in [-0.3, -0.25) is 4.90 Å². The molecule has 0 aromatic rings. The molecule has 0 amide bonds. The Kier molecular flexibility index (Phi) is 16.9. The average molecular weight is 485 g/mol. The van der Waals surface area contributed by atoms with Crippen LogP contribution in [0.5, 0.6) is 0 Å². The van der Waals surface area contributed by atoms with Crippen molar-refractivity contribution >= 4 is 0 Å². The van der Waals surface area contributed by atoms with E-state index in [1.807, 2.05) is 0 Å². The lowest BCUT2D eigenvalue weighted by atomic mass is 10.0.